The van der Waals surface area contributed by atoms with E-state index in [0.29, 0.717) is 11.1 Å². The first-order valence-corrected chi connectivity index (χ1v) is 7.82. The summed E-state index contributed by atoms with van der Waals surface area (Å²) in [6.07, 6.45) is 6.67. The van der Waals surface area contributed by atoms with Crippen LogP contribution in [0, 0.1) is 6.92 Å². The van der Waals surface area contributed by atoms with Gasteiger partial charge < -0.3 is 4.90 Å². The Labute approximate surface area is 130 Å². The second kappa shape index (κ2) is 6.02. The first-order chi connectivity index (χ1) is 10.2. The molecule has 0 spiro atoms. The Morgan fingerprint density at radius 2 is 2.05 bits per heavy atom. The molecule has 2 aromatic heterocycles. The average Bonchev–Trinajstić information content (AvgIpc) is 2.93. The molecular formula is C15H20ClN5. The third-order valence-corrected chi connectivity index (χ3v) is 4.17. The fraction of sp³-hybridized carbons (Fsp3) is 0.533. The maximum Gasteiger partial charge on any atom is 0.132 e. The highest BCUT2D eigenvalue weighted by atomic mass is 35.5. The minimum atomic E-state index is 0.433. The first-order valence-electron chi connectivity index (χ1n) is 7.45. The van der Waals surface area contributed by atoms with Crippen molar-refractivity contribution in [1.29, 1.82) is 0 Å². The van der Waals surface area contributed by atoms with Crippen LogP contribution in [0.2, 0.25) is 5.02 Å². The predicted molar refractivity (Wildman–Crippen MR) is 83.9 cm³/mol. The minimum absolute atomic E-state index is 0.433. The molecule has 0 radical (unpaired) electrons. The van der Waals surface area contributed by atoms with Gasteiger partial charge in [0.15, 0.2) is 0 Å². The third kappa shape index (κ3) is 3.18. The van der Waals surface area contributed by atoms with Gasteiger partial charge in [-0.25, -0.2) is 9.97 Å². The van der Waals surface area contributed by atoms with Gasteiger partial charge in [0.1, 0.15) is 11.6 Å². The largest absolute Gasteiger partial charge is 0.356 e. The van der Waals surface area contributed by atoms with Crippen molar-refractivity contribution in [2.45, 2.75) is 39.2 Å². The van der Waals surface area contributed by atoms with E-state index in [1.807, 2.05) is 17.8 Å². The van der Waals surface area contributed by atoms with Crippen molar-refractivity contribution >= 4 is 17.4 Å². The van der Waals surface area contributed by atoms with Crippen LogP contribution in [0.15, 0.2) is 18.5 Å². The van der Waals surface area contributed by atoms with Crippen LogP contribution >= 0.6 is 11.6 Å². The monoisotopic (exact) mass is 305 g/mol. The third-order valence-electron chi connectivity index (χ3n) is 3.97. The fourth-order valence-electron chi connectivity index (χ4n) is 2.83. The molecule has 0 bridgehead atoms. The number of rotatable bonds is 3. The van der Waals surface area contributed by atoms with Crippen LogP contribution in [0.25, 0.3) is 0 Å². The van der Waals surface area contributed by atoms with Crippen LogP contribution in [-0.4, -0.2) is 32.8 Å². The van der Waals surface area contributed by atoms with Gasteiger partial charge >= 0.3 is 0 Å². The first kappa shape index (κ1) is 14.3. The van der Waals surface area contributed by atoms with E-state index >= 15 is 0 Å². The molecular weight excluding hydrogens is 286 g/mol. The lowest BCUT2D eigenvalue weighted by molar-refractivity contribution is 0.366. The smallest absolute Gasteiger partial charge is 0.132 e. The molecule has 1 aliphatic heterocycles. The molecule has 0 aliphatic carbocycles. The van der Waals surface area contributed by atoms with Crippen molar-refractivity contribution in [2.75, 3.05) is 18.0 Å². The minimum Gasteiger partial charge on any atom is -0.356 e. The zero-order valence-corrected chi connectivity index (χ0v) is 13.2. The Balaban J connectivity index is 1.69. The van der Waals surface area contributed by atoms with E-state index in [1.165, 1.54) is 0 Å². The molecule has 0 N–H and O–H groups in total. The van der Waals surface area contributed by atoms with Crippen molar-refractivity contribution < 1.29 is 0 Å². The molecule has 2 aromatic rings. The van der Waals surface area contributed by atoms with Crippen molar-refractivity contribution in [3.63, 3.8) is 0 Å². The fourth-order valence-corrected chi connectivity index (χ4v) is 2.97. The summed E-state index contributed by atoms with van der Waals surface area (Å²) in [5, 5.41) is 5.02. The standard InChI is InChI=1S/C15H20ClN5/c1-3-13-8-15(19-11(2)18-13)20-6-4-14(5-7-20)21-10-12(16)9-17-21/h8-10,14H,3-7H2,1-2H3. The van der Waals surface area contributed by atoms with Crippen LogP contribution in [0.3, 0.4) is 0 Å². The highest BCUT2D eigenvalue weighted by Crippen LogP contribution is 2.26. The van der Waals surface area contributed by atoms with Crippen LogP contribution in [-0.2, 0) is 6.42 Å². The Bertz CT molecular complexity index is 616. The molecule has 1 saturated heterocycles. The average molecular weight is 306 g/mol. The number of halogens is 1. The van der Waals surface area contributed by atoms with Crippen LogP contribution < -0.4 is 4.90 Å². The van der Waals surface area contributed by atoms with Gasteiger partial charge in [-0.05, 0) is 26.2 Å². The normalized spacial score (nSPS) is 16.4. The molecule has 6 heteroatoms. The van der Waals surface area contributed by atoms with Crippen molar-refractivity contribution in [3.8, 4) is 0 Å². The highest BCUT2D eigenvalue weighted by Gasteiger charge is 2.22. The summed E-state index contributed by atoms with van der Waals surface area (Å²) < 4.78 is 1.99. The van der Waals surface area contributed by atoms with Crippen molar-refractivity contribution in [2.24, 2.45) is 0 Å². The molecule has 0 atom stereocenters. The SMILES string of the molecule is CCc1cc(N2CCC(n3cc(Cl)cn3)CC2)nc(C)n1. The lowest BCUT2D eigenvalue weighted by atomic mass is 10.1. The number of aryl methyl sites for hydroxylation is 2. The summed E-state index contributed by atoms with van der Waals surface area (Å²) in [5.41, 5.74) is 1.11. The van der Waals surface area contributed by atoms with E-state index in [1.54, 1.807) is 6.20 Å². The summed E-state index contributed by atoms with van der Waals surface area (Å²) >= 11 is 5.94. The Kier molecular flexibility index (Phi) is 4.10. The maximum absolute atomic E-state index is 5.94. The zero-order chi connectivity index (χ0) is 14.8. The van der Waals surface area contributed by atoms with Gasteiger partial charge in [0.2, 0.25) is 0 Å². The number of piperidine rings is 1. The Morgan fingerprint density at radius 3 is 2.67 bits per heavy atom. The molecule has 1 aliphatic rings. The summed E-state index contributed by atoms with van der Waals surface area (Å²) in [4.78, 5) is 11.4. The van der Waals surface area contributed by atoms with Gasteiger partial charge in [0.25, 0.3) is 0 Å². The molecule has 3 heterocycles. The van der Waals surface area contributed by atoms with E-state index in [-0.39, 0.29) is 0 Å². The van der Waals surface area contributed by atoms with E-state index in [4.69, 9.17) is 11.6 Å². The van der Waals surface area contributed by atoms with Crippen LogP contribution in [0.1, 0.15) is 37.3 Å². The summed E-state index contributed by atoms with van der Waals surface area (Å²) in [6, 6.07) is 2.54. The Morgan fingerprint density at radius 1 is 1.29 bits per heavy atom. The van der Waals surface area contributed by atoms with Crippen molar-refractivity contribution in [3.05, 3.63) is 35.0 Å². The van der Waals surface area contributed by atoms with E-state index in [0.717, 1.165) is 49.7 Å². The molecule has 5 nitrogen and oxygen atoms in total. The van der Waals surface area contributed by atoms with E-state index in [2.05, 4.69) is 33.0 Å². The quantitative estimate of drug-likeness (QED) is 0.874. The summed E-state index contributed by atoms with van der Waals surface area (Å²) in [6.45, 7) is 6.06. The zero-order valence-electron chi connectivity index (χ0n) is 12.5. The van der Waals surface area contributed by atoms with Crippen LogP contribution in [0.4, 0.5) is 5.82 Å². The second-order valence-electron chi connectivity index (χ2n) is 5.48. The predicted octanol–water partition coefficient (Wildman–Crippen LogP) is 3.04. The number of aromatic nitrogens is 4. The molecule has 3 rings (SSSR count). The maximum atomic E-state index is 5.94. The van der Waals surface area contributed by atoms with Crippen LogP contribution in [0.5, 0.6) is 0 Å². The number of anilines is 1. The van der Waals surface area contributed by atoms with Gasteiger partial charge in [-0.2, -0.15) is 5.10 Å². The number of nitrogens with zero attached hydrogens (tertiary/aromatic N) is 5. The molecule has 0 saturated carbocycles. The topological polar surface area (TPSA) is 46.8 Å². The number of hydrogen-bond donors (Lipinski definition) is 0. The summed E-state index contributed by atoms with van der Waals surface area (Å²) in [5.74, 6) is 1.90. The number of hydrogen-bond acceptors (Lipinski definition) is 4. The van der Waals surface area contributed by atoms with Crippen molar-refractivity contribution in [1.82, 2.24) is 19.7 Å². The van der Waals surface area contributed by atoms with Gasteiger partial charge in [0, 0.05) is 31.0 Å². The summed E-state index contributed by atoms with van der Waals surface area (Å²) in [7, 11) is 0. The molecule has 0 unspecified atom stereocenters. The van der Waals surface area contributed by atoms with E-state index < -0.39 is 0 Å². The van der Waals surface area contributed by atoms with E-state index in [9.17, 15) is 0 Å². The Hall–Kier alpha value is -1.62. The van der Waals surface area contributed by atoms with Gasteiger partial charge in [-0.1, -0.05) is 18.5 Å². The molecule has 21 heavy (non-hydrogen) atoms. The van der Waals surface area contributed by atoms with Gasteiger partial charge in [-0.3, -0.25) is 4.68 Å². The lowest BCUT2D eigenvalue weighted by Crippen LogP contribution is -2.35. The van der Waals surface area contributed by atoms with Gasteiger partial charge in [0.05, 0.1) is 17.3 Å². The molecule has 1 fully saturated rings. The molecule has 0 amide bonds. The lowest BCUT2D eigenvalue weighted by Gasteiger charge is -2.33. The molecule has 0 aromatic carbocycles. The molecule has 112 valence electrons. The van der Waals surface area contributed by atoms with Gasteiger partial charge in [-0.15, -0.1) is 0 Å². The second-order valence-corrected chi connectivity index (χ2v) is 5.91. The highest BCUT2D eigenvalue weighted by molar-refractivity contribution is 6.30.